The summed E-state index contributed by atoms with van der Waals surface area (Å²) in [7, 11) is 0. The van der Waals surface area contributed by atoms with Crippen LogP contribution in [0, 0.1) is 27.7 Å². The molecule has 4 rings (SSSR count). The molecule has 1 aliphatic rings. The van der Waals surface area contributed by atoms with Gasteiger partial charge in [0.25, 0.3) is 11.7 Å². The van der Waals surface area contributed by atoms with Crippen LogP contribution in [0.2, 0.25) is 0 Å². The number of aliphatic hydroxyl groups is 1. The molecule has 3 aromatic rings. The van der Waals surface area contributed by atoms with Crippen molar-refractivity contribution in [3.8, 4) is 5.75 Å². The zero-order valence-corrected chi connectivity index (χ0v) is 18.5. The number of aryl methyl sites for hydroxylation is 4. The lowest BCUT2D eigenvalue weighted by molar-refractivity contribution is -0.132. The highest BCUT2D eigenvalue weighted by Gasteiger charge is 2.47. The molecule has 1 saturated heterocycles. The van der Waals surface area contributed by atoms with Crippen LogP contribution < -0.4 is 4.90 Å². The SMILES string of the molecule is Cc1ccc(C)c(/C(O)=C2\C(=O)C(=O)N(c3ccc(C)c(C)c3)C2c2cccc(O)c2)c1. The van der Waals surface area contributed by atoms with Crippen molar-refractivity contribution in [1.29, 1.82) is 0 Å². The van der Waals surface area contributed by atoms with Gasteiger partial charge in [-0.15, -0.1) is 0 Å². The fourth-order valence-electron chi connectivity index (χ4n) is 4.12. The number of anilines is 1. The predicted octanol–water partition coefficient (Wildman–Crippen LogP) is 5.25. The van der Waals surface area contributed by atoms with Crippen molar-refractivity contribution in [3.63, 3.8) is 0 Å². The topological polar surface area (TPSA) is 77.8 Å². The first-order chi connectivity index (χ1) is 15.2. The number of rotatable bonds is 3. The van der Waals surface area contributed by atoms with E-state index in [1.807, 2.05) is 52.0 Å². The van der Waals surface area contributed by atoms with Gasteiger partial charge in [0.05, 0.1) is 11.6 Å². The van der Waals surface area contributed by atoms with E-state index in [0.29, 0.717) is 16.8 Å². The summed E-state index contributed by atoms with van der Waals surface area (Å²) in [6.45, 7) is 7.66. The molecule has 32 heavy (non-hydrogen) atoms. The summed E-state index contributed by atoms with van der Waals surface area (Å²) >= 11 is 0. The Morgan fingerprint density at radius 3 is 2.25 bits per heavy atom. The van der Waals surface area contributed by atoms with Gasteiger partial charge in [-0.25, -0.2) is 0 Å². The van der Waals surface area contributed by atoms with Crippen LogP contribution in [0.1, 0.15) is 39.4 Å². The molecule has 162 valence electrons. The first-order valence-electron chi connectivity index (χ1n) is 10.4. The minimum absolute atomic E-state index is 0.00697. The van der Waals surface area contributed by atoms with E-state index in [2.05, 4.69) is 0 Å². The van der Waals surface area contributed by atoms with Crippen LogP contribution in [0.25, 0.3) is 5.76 Å². The Morgan fingerprint density at radius 2 is 1.56 bits per heavy atom. The second-order valence-corrected chi connectivity index (χ2v) is 8.35. The number of hydrogen-bond donors (Lipinski definition) is 2. The van der Waals surface area contributed by atoms with Gasteiger partial charge < -0.3 is 10.2 Å². The number of hydrogen-bond acceptors (Lipinski definition) is 4. The number of amides is 1. The number of nitrogens with zero attached hydrogens (tertiary/aromatic N) is 1. The summed E-state index contributed by atoms with van der Waals surface area (Å²) in [6.07, 6.45) is 0. The molecule has 1 aliphatic heterocycles. The Morgan fingerprint density at radius 1 is 0.844 bits per heavy atom. The Bertz CT molecular complexity index is 1290. The van der Waals surface area contributed by atoms with Crippen LogP contribution in [-0.4, -0.2) is 21.9 Å². The molecule has 0 aliphatic carbocycles. The van der Waals surface area contributed by atoms with Gasteiger partial charge in [-0.2, -0.15) is 0 Å². The van der Waals surface area contributed by atoms with Gasteiger partial charge in [-0.3, -0.25) is 14.5 Å². The summed E-state index contributed by atoms with van der Waals surface area (Å²) in [6, 6.07) is 16.7. The van der Waals surface area contributed by atoms with Crippen molar-refractivity contribution in [2.24, 2.45) is 0 Å². The van der Waals surface area contributed by atoms with E-state index in [4.69, 9.17) is 0 Å². The molecule has 2 N–H and O–H groups in total. The Hall–Kier alpha value is -3.86. The highest BCUT2D eigenvalue weighted by Crippen LogP contribution is 2.43. The summed E-state index contributed by atoms with van der Waals surface area (Å²) in [4.78, 5) is 27.9. The van der Waals surface area contributed by atoms with Gasteiger partial charge in [-0.1, -0.05) is 35.9 Å². The van der Waals surface area contributed by atoms with Crippen molar-refractivity contribution in [1.82, 2.24) is 0 Å². The number of ketones is 1. The van der Waals surface area contributed by atoms with Crippen LogP contribution in [0.3, 0.4) is 0 Å². The Kier molecular flexibility index (Phi) is 5.35. The van der Waals surface area contributed by atoms with Gasteiger partial charge in [0.15, 0.2) is 0 Å². The zero-order chi connectivity index (χ0) is 23.2. The number of phenolic OH excluding ortho intramolecular Hbond substituents is 1. The monoisotopic (exact) mass is 427 g/mol. The highest BCUT2D eigenvalue weighted by atomic mass is 16.3. The van der Waals surface area contributed by atoms with Crippen LogP contribution in [0.5, 0.6) is 5.75 Å². The maximum atomic E-state index is 13.2. The number of carbonyl (C=O) groups is 2. The van der Waals surface area contributed by atoms with Crippen molar-refractivity contribution in [3.05, 3.63) is 99.6 Å². The molecule has 0 radical (unpaired) electrons. The third kappa shape index (κ3) is 3.56. The minimum Gasteiger partial charge on any atom is -0.508 e. The van der Waals surface area contributed by atoms with Crippen LogP contribution in [-0.2, 0) is 9.59 Å². The van der Waals surface area contributed by atoms with Crippen molar-refractivity contribution >= 4 is 23.1 Å². The summed E-state index contributed by atoms with van der Waals surface area (Å²) < 4.78 is 0. The third-order valence-electron chi connectivity index (χ3n) is 6.05. The summed E-state index contributed by atoms with van der Waals surface area (Å²) in [5.41, 5.74) is 5.37. The van der Waals surface area contributed by atoms with Crippen molar-refractivity contribution in [2.75, 3.05) is 4.90 Å². The van der Waals surface area contributed by atoms with E-state index in [1.54, 1.807) is 24.3 Å². The molecule has 1 heterocycles. The quantitative estimate of drug-likeness (QED) is 0.340. The average Bonchev–Trinajstić information content (AvgIpc) is 3.02. The Balaban J connectivity index is 2.00. The summed E-state index contributed by atoms with van der Waals surface area (Å²) in [5, 5.41) is 21.4. The summed E-state index contributed by atoms with van der Waals surface area (Å²) in [5.74, 6) is -1.67. The normalized spacial score (nSPS) is 17.8. The molecule has 5 nitrogen and oxygen atoms in total. The molecule has 1 unspecified atom stereocenters. The predicted molar refractivity (Wildman–Crippen MR) is 125 cm³/mol. The number of aromatic hydroxyl groups is 1. The molecule has 3 aromatic carbocycles. The molecular formula is C27H25NO4. The maximum Gasteiger partial charge on any atom is 0.300 e. The van der Waals surface area contributed by atoms with E-state index in [0.717, 1.165) is 22.3 Å². The van der Waals surface area contributed by atoms with Gasteiger partial charge in [0.1, 0.15) is 11.5 Å². The Labute approximate surface area is 187 Å². The minimum atomic E-state index is -0.871. The molecule has 1 fully saturated rings. The van der Waals surface area contributed by atoms with Crippen molar-refractivity contribution < 1.29 is 19.8 Å². The molecule has 0 saturated carbocycles. The number of phenols is 1. The maximum absolute atomic E-state index is 13.2. The molecule has 0 aromatic heterocycles. The van der Waals surface area contributed by atoms with E-state index < -0.39 is 17.7 Å². The molecule has 1 amide bonds. The van der Waals surface area contributed by atoms with Crippen molar-refractivity contribution in [2.45, 2.75) is 33.7 Å². The highest BCUT2D eigenvalue weighted by molar-refractivity contribution is 6.51. The van der Waals surface area contributed by atoms with Crippen LogP contribution in [0.4, 0.5) is 5.69 Å². The fourth-order valence-corrected chi connectivity index (χ4v) is 4.12. The molecule has 5 heteroatoms. The lowest BCUT2D eigenvalue weighted by Gasteiger charge is -2.26. The van der Waals surface area contributed by atoms with Crippen LogP contribution >= 0.6 is 0 Å². The first kappa shape index (κ1) is 21.4. The van der Waals surface area contributed by atoms with E-state index in [-0.39, 0.29) is 17.1 Å². The van der Waals surface area contributed by atoms with Gasteiger partial charge in [0.2, 0.25) is 0 Å². The van der Waals surface area contributed by atoms with Gasteiger partial charge in [-0.05, 0) is 80.3 Å². The number of carbonyl (C=O) groups excluding carboxylic acids is 2. The number of Topliss-reactive ketones (excluding diaryl/α,β-unsaturated/α-hetero) is 1. The molecule has 0 bridgehead atoms. The standard InChI is InChI=1S/C27H25NO4/c1-15-8-9-17(3)22(12-15)25(30)23-24(19-6-5-7-21(29)14-19)28(27(32)26(23)31)20-11-10-16(2)18(4)13-20/h5-14,24,29-30H,1-4H3/b25-23+. The smallest absolute Gasteiger partial charge is 0.300 e. The third-order valence-corrected chi connectivity index (χ3v) is 6.05. The van der Waals surface area contributed by atoms with Crippen LogP contribution in [0.15, 0.2) is 66.2 Å². The molecular weight excluding hydrogens is 402 g/mol. The number of benzene rings is 3. The lowest BCUT2D eigenvalue weighted by atomic mass is 9.93. The largest absolute Gasteiger partial charge is 0.508 e. The zero-order valence-electron chi connectivity index (χ0n) is 18.5. The second kappa shape index (κ2) is 8.00. The lowest BCUT2D eigenvalue weighted by Crippen LogP contribution is -2.29. The second-order valence-electron chi connectivity index (χ2n) is 8.35. The number of aliphatic hydroxyl groups excluding tert-OH is 1. The van der Waals surface area contributed by atoms with E-state index in [9.17, 15) is 19.8 Å². The van der Waals surface area contributed by atoms with E-state index >= 15 is 0 Å². The van der Waals surface area contributed by atoms with E-state index in [1.165, 1.54) is 17.0 Å². The molecule has 0 spiro atoms. The van der Waals surface area contributed by atoms with Gasteiger partial charge in [0, 0.05) is 11.3 Å². The first-order valence-corrected chi connectivity index (χ1v) is 10.4. The fraction of sp³-hybridized carbons (Fsp3) is 0.185. The molecule has 1 atom stereocenters. The average molecular weight is 428 g/mol. The van der Waals surface area contributed by atoms with Gasteiger partial charge >= 0.3 is 0 Å².